The van der Waals surface area contributed by atoms with Crippen LogP contribution >= 0.6 is 0 Å². The number of nitrogens with zero attached hydrogens (tertiary/aromatic N) is 1. The molecule has 0 amide bonds. The average Bonchev–Trinajstić information content (AvgIpc) is 2.77. The summed E-state index contributed by atoms with van der Waals surface area (Å²) in [4.78, 5) is 15.5. The van der Waals surface area contributed by atoms with Crippen molar-refractivity contribution in [2.45, 2.75) is 32.2 Å². The monoisotopic (exact) mass is 401 g/mol. The quantitative estimate of drug-likeness (QED) is 0.550. The van der Waals surface area contributed by atoms with E-state index in [9.17, 15) is 9.90 Å². The molecule has 2 heterocycles. The van der Waals surface area contributed by atoms with E-state index in [-0.39, 0.29) is 11.6 Å². The fraction of sp³-hybridized carbons (Fsp3) is 0.280. The number of nitrogens with one attached hydrogen (secondary N) is 2. The molecule has 5 heteroatoms. The molecule has 3 N–H and O–H groups in total. The largest absolute Gasteiger partial charge is 0.478 e. The highest BCUT2D eigenvalue weighted by atomic mass is 16.4. The van der Waals surface area contributed by atoms with Crippen LogP contribution in [0.3, 0.4) is 0 Å². The Hall–Kier alpha value is -3.18. The molecule has 0 fully saturated rings. The van der Waals surface area contributed by atoms with Crippen molar-refractivity contribution in [3.63, 3.8) is 0 Å². The van der Waals surface area contributed by atoms with Crippen molar-refractivity contribution in [2.75, 3.05) is 18.4 Å². The van der Waals surface area contributed by atoms with Gasteiger partial charge in [0.25, 0.3) is 0 Å². The van der Waals surface area contributed by atoms with Gasteiger partial charge >= 0.3 is 5.97 Å². The minimum atomic E-state index is -0.953. The molecule has 0 spiro atoms. The molecule has 3 aromatic rings. The molecule has 2 aromatic carbocycles. The van der Waals surface area contributed by atoms with Crippen LogP contribution < -0.4 is 10.6 Å². The molecular weight excluding hydrogens is 374 g/mol. The first-order chi connectivity index (χ1) is 14.5. The van der Waals surface area contributed by atoms with E-state index in [0.717, 1.165) is 13.0 Å². The summed E-state index contributed by atoms with van der Waals surface area (Å²) in [7, 11) is 0. The van der Waals surface area contributed by atoms with Gasteiger partial charge in [-0.15, -0.1) is 0 Å². The Morgan fingerprint density at radius 1 is 1.23 bits per heavy atom. The molecule has 1 atom stereocenters. The standard InChI is InChI=1S/C25H27N3O2/c1-16(2)19-5-3-4-6-20(19)17-7-8-21-18(13-17)9-12-27-24(21)15-28-23-14-26-11-10-22(23)25(29)30/h3-8,10-11,13-14,16,24,27-28H,9,12,15H2,1-2H3,(H,29,30)/t24-/m1/s1. The summed E-state index contributed by atoms with van der Waals surface area (Å²) in [6, 6.07) is 17.0. The van der Waals surface area contributed by atoms with E-state index in [4.69, 9.17) is 0 Å². The minimum absolute atomic E-state index is 0.116. The Morgan fingerprint density at radius 2 is 2.07 bits per heavy atom. The predicted molar refractivity (Wildman–Crippen MR) is 120 cm³/mol. The van der Waals surface area contributed by atoms with Crippen LogP contribution in [-0.4, -0.2) is 29.1 Å². The van der Waals surface area contributed by atoms with E-state index in [1.807, 2.05) is 0 Å². The SMILES string of the molecule is CC(C)c1ccccc1-c1ccc2c(c1)CCN[C@@H]2CNc1cnccc1C(=O)O. The molecule has 0 radical (unpaired) electrons. The first kappa shape index (κ1) is 20.1. The zero-order chi connectivity index (χ0) is 21.1. The van der Waals surface area contributed by atoms with Crippen LogP contribution in [0.25, 0.3) is 11.1 Å². The van der Waals surface area contributed by atoms with Gasteiger partial charge in [0, 0.05) is 18.8 Å². The number of carboxylic acids is 1. The Morgan fingerprint density at radius 3 is 2.87 bits per heavy atom. The first-order valence-corrected chi connectivity index (χ1v) is 10.4. The summed E-state index contributed by atoms with van der Waals surface area (Å²) in [6.45, 7) is 5.95. The van der Waals surface area contributed by atoms with Gasteiger partial charge in [0.2, 0.25) is 0 Å². The summed E-state index contributed by atoms with van der Waals surface area (Å²) < 4.78 is 0. The van der Waals surface area contributed by atoms with Gasteiger partial charge in [-0.05, 0) is 52.8 Å². The maximum atomic E-state index is 11.4. The van der Waals surface area contributed by atoms with Gasteiger partial charge in [0.1, 0.15) is 0 Å². The number of carbonyl (C=O) groups is 1. The van der Waals surface area contributed by atoms with E-state index in [1.165, 1.54) is 40.1 Å². The van der Waals surface area contributed by atoms with E-state index in [1.54, 1.807) is 6.20 Å². The van der Waals surface area contributed by atoms with Gasteiger partial charge in [0.05, 0.1) is 17.4 Å². The lowest BCUT2D eigenvalue weighted by Crippen LogP contribution is -2.34. The van der Waals surface area contributed by atoms with E-state index >= 15 is 0 Å². The first-order valence-electron chi connectivity index (χ1n) is 10.4. The normalized spacial score (nSPS) is 15.6. The third kappa shape index (κ3) is 4.07. The lowest BCUT2D eigenvalue weighted by molar-refractivity contribution is 0.0697. The molecule has 0 unspecified atom stereocenters. The second-order valence-electron chi connectivity index (χ2n) is 8.02. The highest BCUT2D eigenvalue weighted by Gasteiger charge is 2.21. The predicted octanol–water partition coefficient (Wildman–Crippen LogP) is 4.87. The number of hydrogen-bond donors (Lipinski definition) is 3. The summed E-state index contributed by atoms with van der Waals surface area (Å²) >= 11 is 0. The van der Waals surface area contributed by atoms with Crippen LogP contribution in [-0.2, 0) is 6.42 Å². The number of fused-ring (bicyclic) bond motifs is 1. The van der Waals surface area contributed by atoms with E-state index < -0.39 is 5.97 Å². The molecule has 4 rings (SSSR count). The third-order valence-corrected chi connectivity index (χ3v) is 5.75. The van der Waals surface area contributed by atoms with Crippen LogP contribution in [0.2, 0.25) is 0 Å². The fourth-order valence-corrected chi connectivity index (χ4v) is 4.20. The minimum Gasteiger partial charge on any atom is -0.478 e. The Balaban J connectivity index is 1.58. The maximum Gasteiger partial charge on any atom is 0.337 e. The Bertz CT molecular complexity index is 1060. The Kier molecular flexibility index (Phi) is 5.81. The highest BCUT2D eigenvalue weighted by Crippen LogP contribution is 2.33. The van der Waals surface area contributed by atoms with E-state index in [2.05, 4.69) is 71.9 Å². The molecule has 1 aliphatic heterocycles. The number of carboxylic acid groups (broad SMARTS) is 1. The van der Waals surface area contributed by atoms with Gasteiger partial charge in [-0.25, -0.2) is 4.79 Å². The molecule has 1 aliphatic rings. The second kappa shape index (κ2) is 8.67. The van der Waals surface area contributed by atoms with Crippen LogP contribution in [0.1, 0.15) is 52.9 Å². The van der Waals surface area contributed by atoms with Crippen molar-refractivity contribution in [1.29, 1.82) is 0 Å². The molecule has 0 aliphatic carbocycles. The van der Waals surface area contributed by atoms with Crippen molar-refractivity contribution in [2.24, 2.45) is 0 Å². The van der Waals surface area contributed by atoms with Gasteiger partial charge in [-0.2, -0.15) is 0 Å². The van der Waals surface area contributed by atoms with Gasteiger partial charge in [0.15, 0.2) is 0 Å². The number of rotatable bonds is 6. The number of hydrogen-bond acceptors (Lipinski definition) is 4. The van der Waals surface area contributed by atoms with Gasteiger partial charge < -0.3 is 15.7 Å². The third-order valence-electron chi connectivity index (χ3n) is 5.75. The van der Waals surface area contributed by atoms with Crippen molar-refractivity contribution >= 4 is 11.7 Å². The van der Waals surface area contributed by atoms with Crippen molar-refractivity contribution < 1.29 is 9.90 Å². The molecule has 30 heavy (non-hydrogen) atoms. The lowest BCUT2D eigenvalue weighted by Gasteiger charge is -2.28. The molecule has 154 valence electrons. The molecule has 1 aromatic heterocycles. The molecule has 5 nitrogen and oxygen atoms in total. The van der Waals surface area contributed by atoms with Crippen molar-refractivity contribution in [3.8, 4) is 11.1 Å². The van der Waals surface area contributed by atoms with Gasteiger partial charge in [-0.1, -0.05) is 56.3 Å². The molecule has 0 saturated carbocycles. The second-order valence-corrected chi connectivity index (χ2v) is 8.02. The van der Waals surface area contributed by atoms with Crippen molar-refractivity contribution in [1.82, 2.24) is 10.3 Å². The topological polar surface area (TPSA) is 74.2 Å². The van der Waals surface area contributed by atoms with E-state index in [0.29, 0.717) is 18.2 Å². The summed E-state index contributed by atoms with van der Waals surface area (Å²) in [5.74, 6) is -0.482. The zero-order valence-electron chi connectivity index (χ0n) is 17.4. The summed E-state index contributed by atoms with van der Waals surface area (Å²) in [5.41, 5.74) is 7.31. The zero-order valence-corrected chi connectivity index (χ0v) is 17.4. The molecule has 0 saturated heterocycles. The molecular formula is C25H27N3O2. The Labute approximate surface area is 177 Å². The number of aromatic nitrogens is 1. The average molecular weight is 402 g/mol. The number of benzene rings is 2. The maximum absolute atomic E-state index is 11.4. The van der Waals surface area contributed by atoms with Crippen LogP contribution in [0, 0.1) is 0 Å². The van der Waals surface area contributed by atoms with Crippen molar-refractivity contribution in [3.05, 3.63) is 83.2 Å². The smallest absolute Gasteiger partial charge is 0.337 e. The van der Waals surface area contributed by atoms with Crippen LogP contribution in [0.15, 0.2) is 60.9 Å². The van der Waals surface area contributed by atoms with Crippen LogP contribution in [0.4, 0.5) is 5.69 Å². The van der Waals surface area contributed by atoms with Crippen LogP contribution in [0.5, 0.6) is 0 Å². The van der Waals surface area contributed by atoms with Gasteiger partial charge in [-0.3, -0.25) is 4.98 Å². The highest BCUT2D eigenvalue weighted by molar-refractivity contribution is 5.93. The summed E-state index contributed by atoms with van der Waals surface area (Å²) in [6.07, 6.45) is 4.05. The fourth-order valence-electron chi connectivity index (χ4n) is 4.20. The molecule has 0 bridgehead atoms. The number of pyridine rings is 1. The lowest BCUT2D eigenvalue weighted by atomic mass is 9.87. The number of anilines is 1. The number of aromatic carboxylic acids is 1. The summed E-state index contributed by atoms with van der Waals surface area (Å²) in [5, 5.41) is 16.2.